The van der Waals surface area contributed by atoms with Gasteiger partial charge in [0.25, 0.3) is 0 Å². The summed E-state index contributed by atoms with van der Waals surface area (Å²) < 4.78 is 65.6. The molecule has 3 unspecified atom stereocenters. The van der Waals surface area contributed by atoms with Gasteiger partial charge in [0.15, 0.2) is 23.5 Å². The molecule has 2 N–H and O–H groups in total. The molecule has 5 nitrogen and oxygen atoms in total. The number of benzene rings is 1. The van der Waals surface area contributed by atoms with Crippen molar-refractivity contribution in [2.24, 2.45) is 5.92 Å². The Balaban J connectivity index is 2.78. The maximum absolute atomic E-state index is 14.0. The second-order valence-corrected chi connectivity index (χ2v) is 4.71. The number of Topliss-reactive ketones (excluding diaryl/α,β-unsaturated/α-hetero) is 1. The molecule has 1 aliphatic carbocycles. The van der Waals surface area contributed by atoms with Gasteiger partial charge in [-0.1, -0.05) is 0 Å². The molecule has 0 aromatic heterocycles. The van der Waals surface area contributed by atoms with Crippen molar-refractivity contribution in [3.8, 4) is 12.1 Å². The van der Waals surface area contributed by atoms with E-state index >= 15 is 0 Å². The third-order valence-corrected chi connectivity index (χ3v) is 3.50. The Labute approximate surface area is 124 Å². The van der Waals surface area contributed by atoms with Gasteiger partial charge in [0.2, 0.25) is 0 Å². The summed E-state index contributed by atoms with van der Waals surface area (Å²) in [5.41, 5.74) is -4.64. The van der Waals surface area contributed by atoms with Crippen LogP contribution >= 0.6 is 0 Å². The van der Waals surface area contributed by atoms with E-state index in [9.17, 15) is 37.0 Å². The second kappa shape index (κ2) is 5.26. The van der Waals surface area contributed by atoms with Crippen LogP contribution in [0.2, 0.25) is 0 Å². The van der Waals surface area contributed by atoms with Crippen LogP contribution in [0.25, 0.3) is 0 Å². The van der Waals surface area contributed by atoms with Gasteiger partial charge in [0.1, 0.15) is 17.7 Å². The summed E-state index contributed by atoms with van der Waals surface area (Å²) in [5, 5.41) is 36.5. The summed E-state index contributed by atoms with van der Waals surface area (Å²) >= 11 is 0. The number of ketones is 1. The first-order chi connectivity index (χ1) is 10.6. The van der Waals surface area contributed by atoms with E-state index in [1.54, 1.807) is 0 Å². The summed E-state index contributed by atoms with van der Waals surface area (Å²) in [4.78, 5) is 12.0. The lowest BCUT2D eigenvalue weighted by molar-refractivity contribution is -0.221. The van der Waals surface area contributed by atoms with E-state index in [0.717, 1.165) is 6.07 Å². The third kappa shape index (κ3) is 2.23. The topological polar surface area (TPSA) is 105 Å². The number of halogens is 5. The molecule has 23 heavy (non-hydrogen) atoms. The van der Waals surface area contributed by atoms with Gasteiger partial charge in [-0.3, -0.25) is 4.79 Å². The Morgan fingerprint density at radius 2 is 1.61 bits per heavy atom. The van der Waals surface area contributed by atoms with Gasteiger partial charge in [0.05, 0.1) is 23.1 Å². The average molecular weight is 332 g/mol. The third-order valence-electron chi connectivity index (χ3n) is 3.50. The molecule has 1 aliphatic rings. The summed E-state index contributed by atoms with van der Waals surface area (Å²) in [5.74, 6) is -7.69. The van der Waals surface area contributed by atoms with Gasteiger partial charge in [-0.2, -0.15) is 23.7 Å². The lowest BCUT2D eigenvalue weighted by Crippen LogP contribution is -2.40. The van der Waals surface area contributed by atoms with Crippen molar-refractivity contribution in [3.05, 3.63) is 33.9 Å². The Morgan fingerprint density at radius 1 is 1.09 bits per heavy atom. The molecule has 0 spiro atoms. The van der Waals surface area contributed by atoms with Crippen LogP contribution in [0.4, 0.5) is 22.0 Å². The van der Waals surface area contributed by atoms with Crippen LogP contribution < -0.4 is 0 Å². The standard InChI is InChI=1S/C13H5F5N2O3/c14-8-3(1-19)5-6(9(15)4(8)2-20)11(22)7(10(5)21)12(23)13(16,17)18/h7,10,12,21,23H. The number of aliphatic hydroxyl groups is 2. The van der Waals surface area contributed by atoms with E-state index in [4.69, 9.17) is 10.5 Å². The number of nitrogens with zero attached hydrogens (tertiary/aromatic N) is 2. The minimum Gasteiger partial charge on any atom is -0.387 e. The Kier molecular flexibility index (Phi) is 3.85. The largest absolute Gasteiger partial charge is 0.415 e. The molecule has 120 valence electrons. The minimum atomic E-state index is -5.32. The summed E-state index contributed by atoms with van der Waals surface area (Å²) in [6.07, 6.45) is -11.1. The molecule has 0 bridgehead atoms. The van der Waals surface area contributed by atoms with Crippen LogP contribution in [-0.4, -0.2) is 28.3 Å². The molecule has 0 radical (unpaired) electrons. The van der Waals surface area contributed by atoms with Gasteiger partial charge in [-0.15, -0.1) is 0 Å². The zero-order chi connectivity index (χ0) is 17.7. The maximum atomic E-state index is 14.0. The van der Waals surface area contributed by atoms with E-state index < -0.39 is 64.0 Å². The number of hydrogen-bond acceptors (Lipinski definition) is 5. The van der Waals surface area contributed by atoms with Crippen molar-refractivity contribution < 1.29 is 37.0 Å². The second-order valence-electron chi connectivity index (χ2n) is 4.71. The molecule has 0 aliphatic heterocycles. The van der Waals surface area contributed by atoms with Crippen molar-refractivity contribution >= 4 is 5.78 Å². The Bertz CT molecular complexity index is 791. The number of carbonyl (C=O) groups is 1. The highest BCUT2D eigenvalue weighted by molar-refractivity contribution is 6.04. The van der Waals surface area contributed by atoms with E-state index in [-0.39, 0.29) is 0 Å². The highest BCUT2D eigenvalue weighted by Gasteiger charge is 2.55. The normalized spacial score (nSPS) is 21.5. The van der Waals surface area contributed by atoms with Crippen LogP contribution in [0.1, 0.15) is 33.2 Å². The summed E-state index contributed by atoms with van der Waals surface area (Å²) in [7, 11) is 0. The number of hydrogen-bond donors (Lipinski definition) is 2. The van der Waals surface area contributed by atoms with Crippen LogP contribution in [0, 0.1) is 40.2 Å². The molecule has 0 saturated carbocycles. The van der Waals surface area contributed by atoms with Gasteiger partial charge in [0, 0.05) is 5.56 Å². The number of fused-ring (bicyclic) bond motifs is 1. The summed E-state index contributed by atoms with van der Waals surface area (Å²) in [6.45, 7) is 0. The highest BCUT2D eigenvalue weighted by Crippen LogP contribution is 2.45. The monoisotopic (exact) mass is 332 g/mol. The predicted molar refractivity (Wildman–Crippen MR) is 60.6 cm³/mol. The quantitative estimate of drug-likeness (QED) is 0.758. The zero-order valence-electron chi connectivity index (χ0n) is 10.8. The fourth-order valence-electron chi connectivity index (χ4n) is 2.46. The van der Waals surface area contributed by atoms with E-state index in [0.29, 0.717) is 0 Å². The molecule has 2 rings (SSSR count). The predicted octanol–water partition coefficient (Wildman–Crippen LogP) is 1.48. The maximum Gasteiger partial charge on any atom is 0.415 e. The minimum absolute atomic E-state index is 1.00. The zero-order valence-corrected chi connectivity index (χ0v) is 10.8. The van der Waals surface area contributed by atoms with Gasteiger partial charge >= 0.3 is 6.18 Å². The van der Waals surface area contributed by atoms with Crippen LogP contribution in [0.5, 0.6) is 0 Å². The fourth-order valence-corrected chi connectivity index (χ4v) is 2.46. The molecule has 0 amide bonds. The van der Waals surface area contributed by atoms with Gasteiger partial charge < -0.3 is 10.2 Å². The molecule has 0 saturated heterocycles. The van der Waals surface area contributed by atoms with E-state index in [1.165, 1.54) is 6.07 Å². The molecule has 10 heteroatoms. The van der Waals surface area contributed by atoms with Gasteiger partial charge in [-0.05, 0) is 0 Å². The van der Waals surface area contributed by atoms with Crippen molar-refractivity contribution in [2.75, 3.05) is 0 Å². The van der Waals surface area contributed by atoms with Crippen molar-refractivity contribution in [3.63, 3.8) is 0 Å². The number of nitriles is 2. The first-order valence-electron chi connectivity index (χ1n) is 5.90. The Hall–Kier alpha value is -2.56. The van der Waals surface area contributed by atoms with E-state index in [1.807, 2.05) is 0 Å². The average Bonchev–Trinajstić information content (AvgIpc) is 2.70. The number of aliphatic hydroxyl groups excluding tert-OH is 2. The SMILES string of the molecule is N#Cc1c(F)c(C#N)c2c(c1F)C(=O)C(C(O)C(F)(F)F)C2O. The summed E-state index contributed by atoms with van der Waals surface area (Å²) in [6, 6.07) is 2.24. The molecule has 0 fully saturated rings. The van der Waals surface area contributed by atoms with Gasteiger partial charge in [-0.25, -0.2) is 8.78 Å². The Morgan fingerprint density at radius 3 is 2.04 bits per heavy atom. The van der Waals surface area contributed by atoms with Crippen molar-refractivity contribution in [2.45, 2.75) is 18.4 Å². The van der Waals surface area contributed by atoms with Crippen LogP contribution in [0.3, 0.4) is 0 Å². The lowest BCUT2D eigenvalue weighted by atomic mass is 9.94. The molecule has 1 aromatic carbocycles. The molecule has 3 atom stereocenters. The molecular weight excluding hydrogens is 327 g/mol. The number of carbonyl (C=O) groups excluding carboxylic acids is 1. The number of rotatable bonds is 1. The smallest absolute Gasteiger partial charge is 0.387 e. The van der Waals surface area contributed by atoms with Crippen LogP contribution in [0.15, 0.2) is 0 Å². The molecule has 0 heterocycles. The lowest BCUT2D eigenvalue weighted by Gasteiger charge is -2.22. The first-order valence-corrected chi connectivity index (χ1v) is 5.90. The van der Waals surface area contributed by atoms with Crippen molar-refractivity contribution in [1.82, 2.24) is 0 Å². The molecule has 1 aromatic rings. The fraction of sp³-hybridized carbons (Fsp3) is 0.308. The highest BCUT2D eigenvalue weighted by atomic mass is 19.4. The van der Waals surface area contributed by atoms with E-state index in [2.05, 4.69) is 0 Å². The van der Waals surface area contributed by atoms with Crippen LogP contribution in [-0.2, 0) is 0 Å². The first kappa shape index (κ1) is 16.8. The molecular formula is C13H5F5N2O3. The van der Waals surface area contributed by atoms with Crippen molar-refractivity contribution in [1.29, 1.82) is 10.5 Å². The number of alkyl halides is 3.